The molecule has 47 heavy (non-hydrogen) atoms. The van der Waals surface area contributed by atoms with Crippen LogP contribution >= 0.6 is 0 Å². The Bertz CT molecular complexity index is 1770. The molecule has 14 heteroatoms. The number of nitrogens with zero attached hydrogens (tertiary/aromatic N) is 3. The van der Waals surface area contributed by atoms with Crippen LogP contribution < -0.4 is 24.6 Å². The highest BCUT2D eigenvalue weighted by Crippen LogP contribution is 2.33. The summed E-state index contributed by atoms with van der Waals surface area (Å²) in [6, 6.07) is 16.0. The quantitative estimate of drug-likeness (QED) is 0.280. The molecule has 0 radical (unpaired) electrons. The maximum absolute atomic E-state index is 14.0. The molecule has 0 saturated carbocycles. The minimum absolute atomic E-state index is 0.00489. The number of carbonyl (C=O) groups is 1. The van der Waals surface area contributed by atoms with Gasteiger partial charge in [0.25, 0.3) is 15.9 Å². The van der Waals surface area contributed by atoms with Crippen LogP contribution in [0.1, 0.15) is 43.5 Å². The van der Waals surface area contributed by atoms with Gasteiger partial charge in [-0.1, -0.05) is 0 Å². The van der Waals surface area contributed by atoms with Gasteiger partial charge in [0, 0.05) is 56.3 Å². The molecule has 0 bridgehead atoms. The average molecular weight is 686 g/mol. The second-order valence-electron chi connectivity index (χ2n) is 11.4. The van der Waals surface area contributed by atoms with Gasteiger partial charge in [-0.15, -0.1) is 0 Å². The van der Waals surface area contributed by atoms with Crippen LogP contribution in [0, 0.1) is 0 Å². The van der Waals surface area contributed by atoms with Crippen LogP contribution in [-0.4, -0.2) is 86.6 Å². The SMILES string of the molecule is CCN(CC)c1ccc(NC(=O)c2cc(S(=O)(=O)N3CCOCC3)ccc2N2CCCCC2)cc1S(=O)(=O)Nc1ccc(OC)cc1. The number of rotatable bonds is 12. The molecule has 2 aliphatic rings. The van der Waals surface area contributed by atoms with Crippen molar-refractivity contribution in [1.29, 1.82) is 0 Å². The zero-order valence-corrected chi connectivity index (χ0v) is 28.7. The van der Waals surface area contributed by atoms with E-state index in [1.807, 2.05) is 18.7 Å². The van der Waals surface area contributed by atoms with E-state index in [0.717, 1.165) is 32.4 Å². The summed E-state index contributed by atoms with van der Waals surface area (Å²) in [5.74, 6) is 0.0545. The van der Waals surface area contributed by atoms with Gasteiger partial charge in [0.1, 0.15) is 10.6 Å². The number of morpholine rings is 1. The van der Waals surface area contributed by atoms with Crippen molar-refractivity contribution in [3.63, 3.8) is 0 Å². The lowest BCUT2D eigenvalue weighted by Gasteiger charge is -2.31. The summed E-state index contributed by atoms with van der Waals surface area (Å²) in [4.78, 5) is 18.1. The Morgan fingerprint density at radius 3 is 2.15 bits per heavy atom. The minimum atomic E-state index is -4.10. The number of piperidine rings is 1. The lowest BCUT2D eigenvalue weighted by Crippen LogP contribution is -2.40. The van der Waals surface area contributed by atoms with E-state index in [4.69, 9.17) is 9.47 Å². The van der Waals surface area contributed by atoms with Crippen LogP contribution in [0.25, 0.3) is 0 Å². The third-order valence-corrected chi connectivity index (χ3v) is 11.8. The molecule has 0 aromatic heterocycles. The highest BCUT2D eigenvalue weighted by atomic mass is 32.2. The molecule has 0 unspecified atom stereocenters. The highest BCUT2D eigenvalue weighted by molar-refractivity contribution is 7.93. The summed E-state index contributed by atoms with van der Waals surface area (Å²) < 4.78 is 69.3. The first-order valence-corrected chi connectivity index (χ1v) is 18.8. The minimum Gasteiger partial charge on any atom is -0.497 e. The number of hydrogen-bond donors (Lipinski definition) is 2. The van der Waals surface area contributed by atoms with E-state index in [1.54, 1.807) is 48.5 Å². The van der Waals surface area contributed by atoms with E-state index in [1.165, 1.54) is 23.5 Å². The number of ether oxygens (including phenoxy) is 2. The fourth-order valence-corrected chi connectivity index (χ4v) is 8.65. The molecule has 0 spiro atoms. The monoisotopic (exact) mass is 685 g/mol. The third-order valence-electron chi connectivity index (χ3n) is 8.47. The van der Waals surface area contributed by atoms with Gasteiger partial charge in [0.2, 0.25) is 10.0 Å². The Labute approximate surface area is 277 Å². The smallest absolute Gasteiger partial charge is 0.264 e. The van der Waals surface area contributed by atoms with E-state index in [0.29, 0.717) is 49.1 Å². The van der Waals surface area contributed by atoms with E-state index < -0.39 is 26.0 Å². The van der Waals surface area contributed by atoms with Gasteiger partial charge >= 0.3 is 0 Å². The zero-order chi connectivity index (χ0) is 33.6. The number of benzene rings is 3. The predicted molar refractivity (Wildman–Crippen MR) is 184 cm³/mol. The van der Waals surface area contributed by atoms with Crippen LogP contribution in [0.4, 0.5) is 22.7 Å². The number of hydrogen-bond acceptors (Lipinski definition) is 9. The van der Waals surface area contributed by atoms with Crippen LogP contribution in [0.5, 0.6) is 5.75 Å². The van der Waals surface area contributed by atoms with Crippen LogP contribution in [-0.2, 0) is 24.8 Å². The Kier molecular flexibility index (Phi) is 11.0. The van der Waals surface area contributed by atoms with Gasteiger partial charge in [0.15, 0.2) is 0 Å². The largest absolute Gasteiger partial charge is 0.497 e. The number of sulfonamides is 2. The number of methoxy groups -OCH3 is 1. The molecule has 5 rings (SSSR count). The summed E-state index contributed by atoms with van der Waals surface area (Å²) in [6.45, 7) is 7.58. The molecular formula is C33H43N5O7S2. The summed E-state index contributed by atoms with van der Waals surface area (Å²) in [6.07, 6.45) is 3.01. The standard InChI is InChI=1S/C33H43N5O7S2/c1-4-36(5-2)31-15-11-26(23-32(31)46(40,41)35-25-9-12-27(44-3)13-10-25)34-33(39)29-24-28(47(42,43)38-19-21-45-22-20-38)14-16-30(29)37-17-7-6-8-18-37/h9-16,23-24,35H,4-8,17-22H2,1-3H3,(H,34,39). The normalized spacial score (nSPS) is 16.0. The molecule has 2 heterocycles. The van der Waals surface area contributed by atoms with E-state index >= 15 is 0 Å². The van der Waals surface area contributed by atoms with Crippen molar-refractivity contribution in [2.75, 3.05) is 79.4 Å². The number of anilines is 4. The molecule has 2 saturated heterocycles. The molecule has 1 amide bonds. The van der Waals surface area contributed by atoms with Gasteiger partial charge in [-0.25, -0.2) is 16.8 Å². The van der Waals surface area contributed by atoms with E-state index in [-0.39, 0.29) is 34.1 Å². The van der Waals surface area contributed by atoms with Crippen molar-refractivity contribution in [2.24, 2.45) is 0 Å². The topological polar surface area (TPSA) is 138 Å². The Hall–Kier alpha value is -3.85. The Morgan fingerprint density at radius 1 is 0.851 bits per heavy atom. The molecule has 3 aromatic carbocycles. The number of nitrogens with one attached hydrogen (secondary N) is 2. The predicted octanol–water partition coefficient (Wildman–Crippen LogP) is 4.61. The second-order valence-corrected chi connectivity index (χ2v) is 15.0. The Morgan fingerprint density at radius 2 is 1.51 bits per heavy atom. The van der Waals surface area contributed by atoms with Gasteiger partial charge in [0.05, 0.1) is 36.5 Å². The molecule has 0 atom stereocenters. The molecular weight excluding hydrogens is 643 g/mol. The maximum Gasteiger partial charge on any atom is 0.264 e. The fourth-order valence-electron chi connectivity index (χ4n) is 5.90. The lowest BCUT2D eigenvalue weighted by molar-refractivity contribution is 0.0730. The first kappa shape index (κ1) is 34.5. The van der Waals surface area contributed by atoms with E-state index in [2.05, 4.69) is 14.9 Å². The Balaban J connectivity index is 1.51. The van der Waals surface area contributed by atoms with Crippen molar-refractivity contribution < 1.29 is 31.1 Å². The maximum atomic E-state index is 14.0. The van der Waals surface area contributed by atoms with Crippen molar-refractivity contribution in [3.05, 3.63) is 66.2 Å². The molecule has 12 nitrogen and oxygen atoms in total. The lowest BCUT2D eigenvalue weighted by atomic mass is 10.1. The van der Waals surface area contributed by atoms with E-state index in [9.17, 15) is 21.6 Å². The molecule has 2 N–H and O–H groups in total. The molecule has 3 aromatic rings. The number of amides is 1. The first-order valence-electron chi connectivity index (χ1n) is 15.9. The molecule has 254 valence electrons. The van der Waals surface area contributed by atoms with Gasteiger partial charge < -0.3 is 24.6 Å². The first-order chi connectivity index (χ1) is 22.6. The van der Waals surface area contributed by atoms with Crippen LogP contribution in [0.2, 0.25) is 0 Å². The molecule has 2 aliphatic heterocycles. The van der Waals surface area contributed by atoms with Crippen LogP contribution in [0.3, 0.4) is 0 Å². The van der Waals surface area contributed by atoms with Crippen LogP contribution in [0.15, 0.2) is 70.5 Å². The van der Waals surface area contributed by atoms with Crippen molar-refractivity contribution in [1.82, 2.24) is 4.31 Å². The number of carbonyl (C=O) groups excluding carboxylic acids is 1. The highest BCUT2D eigenvalue weighted by Gasteiger charge is 2.29. The van der Waals surface area contributed by atoms with Crippen molar-refractivity contribution in [3.8, 4) is 5.75 Å². The fraction of sp³-hybridized carbons (Fsp3) is 0.424. The van der Waals surface area contributed by atoms with Crippen molar-refractivity contribution in [2.45, 2.75) is 42.9 Å². The van der Waals surface area contributed by atoms with Gasteiger partial charge in [-0.2, -0.15) is 4.31 Å². The van der Waals surface area contributed by atoms with Gasteiger partial charge in [-0.3, -0.25) is 9.52 Å². The second kappa shape index (κ2) is 14.9. The zero-order valence-electron chi connectivity index (χ0n) is 27.1. The summed E-state index contributed by atoms with van der Waals surface area (Å²) in [5, 5.41) is 2.87. The summed E-state index contributed by atoms with van der Waals surface area (Å²) in [5.41, 5.74) is 1.94. The molecule has 0 aliphatic carbocycles. The average Bonchev–Trinajstić information content (AvgIpc) is 3.10. The summed E-state index contributed by atoms with van der Waals surface area (Å²) >= 11 is 0. The third kappa shape index (κ3) is 7.83. The van der Waals surface area contributed by atoms with Crippen molar-refractivity contribution >= 4 is 48.7 Å². The molecule has 2 fully saturated rings. The summed E-state index contributed by atoms with van der Waals surface area (Å²) in [7, 11) is -6.44. The van der Waals surface area contributed by atoms with Gasteiger partial charge in [-0.05, 0) is 93.8 Å².